The highest BCUT2D eigenvalue weighted by molar-refractivity contribution is 5.87. The lowest BCUT2D eigenvalue weighted by Gasteiger charge is -2.40. The van der Waals surface area contributed by atoms with Gasteiger partial charge in [0.25, 0.3) is 0 Å². The summed E-state index contributed by atoms with van der Waals surface area (Å²) in [4.78, 5) is 12.7. The predicted octanol–water partition coefficient (Wildman–Crippen LogP) is 1.68. The van der Waals surface area contributed by atoms with Crippen LogP contribution in [0.4, 0.5) is 0 Å². The van der Waals surface area contributed by atoms with Crippen molar-refractivity contribution in [1.82, 2.24) is 15.8 Å². The van der Waals surface area contributed by atoms with Gasteiger partial charge in [-0.15, -0.1) is 0 Å². The highest BCUT2D eigenvalue weighted by atomic mass is 16.1. The normalized spacial score (nSPS) is 31.5. The van der Waals surface area contributed by atoms with Crippen molar-refractivity contribution in [3.05, 3.63) is 70.3 Å². The van der Waals surface area contributed by atoms with Crippen molar-refractivity contribution in [1.29, 1.82) is 0 Å². The van der Waals surface area contributed by atoms with E-state index < -0.39 is 0 Å². The van der Waals surface area contributed by atoms with E-state index in [0.717, 1.165) is 13.0 Å². The van der Waals surface area contributed by atoms with Crippen molar-refractivity contribution in [2.24, 2.45) is 5.92 Å². The van der Waals surface area contributed by atoms with Crippen LogP contribution in [0.15, 0.2) is 59.2 Å². The fourth-order valence-corrected chi connectivity index (χ4v) is 4.76. The Morgan fingerprint density at radius 1 is 1.25 bits per heavy atom. The van der Waals surface area contributed by atoms with Crippen LogP contribution in [0.1, 0.15) is 17.0 Å². The lowest BCUT2D eigenvalue weighted by molar-refractivity contribution is -0.122. The molecule has 0 spiro atoms. The highest BCUT2D eigenvalue weighted by Crippen LogP contribution is 2.45. The summed E-state index contributed by atoms with van der Waals surface area (Å²) in [6.07, 6.45) is 7.21. The fraction of sp³-hybridized carbons (Fsp3) is 0.350. The standard InChI is InChI=1S/C20H21N3O/c1-23-11-16-14-7-3-2-5-12(14)9-13-6-4-8-15-18(13)19(16)17(22-23)10-21-20(15)24/h2-8,15-17,22H,9-11H2,1H3,(H,21,24). The highest BCUT2D eigenvalue weighted by Gasteiger charge is 2.42. The number of hydrazine groups is 1. The Morgan fingerprint density at radius 3 is 3.04 bits per heavy atom. The molecule has 0 saturated carbocycles. The molecule has 0 bridgehead atoms. The van der Waals surface area contributed by atoms with Gasteiger partial charge in [-0.05, 0) is 34.3 Å². The minimum atomic E-state index is -0.146. The van der Waals surface area contributed by atoms with Gasteiger partial charge >= 0.3 is 0 Å². The third kappa shape index (κ3) is 1.96. The number of fused-ring (bicyclic) bond motifs is 2. The first-order valence-electron chi connectivity index (χ1n) is 8.67. The van der Waals surface area contributed by atoms with E-state index in [4.69, 9.17) is 0 Å². The number of carbonyl (C=O) groups excluding carboxylic acids is 1. The first-order valence-corrected chi connectivity index (χ1v) is 8.67. The zero-order valence-corrected chi connectivity index (χ0v) is 13.8. The minimum Gasteiger partial charge on any atom is -0.353 e. The first-order chi connectivity index (χ1) is 11.7. The van der Waals surface area contributed by atoms with Crippen molar-refractivity contribution in [3.8, 4) is 0 Å². The lowest BCUT2D eigenvalue weighted by Crippen LogP contribution is -2.54. The molecule has 4 aliphatic rings. The van der Waals surface area contributed by atoms with Gasteiger partial charge in [0.1, 0.15) is 0 Å². The van der Waals surface area contributed by atoms with Gasteiger partial charge in [0.05, 0.1) is 12.0 Å². The third-order valence-electron chi connectivity index (χ3n) is 5.73. The molecular weight excluding hydrogens is 298 g/mol. The zero-order valence-electron chi connectivity index (χ0n) is 13.8. The van der Waals surface area contributed by atoms with Crippen molar-refractivity contribution < 1.29 is 4.79 Å². The zero-order chi connectivity index (χ0) is 16.3. The number of rotatable bonds is 0. The number of hydrogen-bond donors (Lipinski definition) is 2. The van der Waals surface area contributed by atoms with Gasteiger partial charge in [-0.25, -0.2) is 10.4 Å². The molecule has 3 atom stereocenters. The Labute approximate surface area is 141 Å². The van der Waals surface area contributed by atoms with E-state index >= 15 is 0 Å². The molecule has 2 aliphatic heterocycles. The topological polar surface area (TPSA) is 44.4 Å². The second kappa shape index (κ2) is 5.16. The van der Waals surface area contributed by atoms with Crippen molar-refractivity contribution in [2.75, 3.05) is 20.1 Å². The molecule has 5 rings (SSSR count). The molecule has 2 heterocycles. The maximum atomic E-state index is 12.7. The van der Waals surface area contributed by atoms with E-state index in [2.05, 4.69) is 65.3 Å². The molecule has 1 saturated heterocycles. The fourth-order valence-electron chi connectivity index (χ4n) is 4.76. The molecule has 0 aromatic heterocycles. The number of amides is 1. The molecule has 2 N–H and O–H groups in total. The van der Waals surface area contributed by atoms with Crippen molar-refractivity contribution in [2.45, 2.75) is 18.4 Å². The van der Waals surface area contributed by atoms with E-state index in [-0.39, 0.29) is 17.9 Å². The third-order valence-corrected chi connectivity index (χ3v) is 5.73. The molecule has 4 nitrogen and oxygen atoms in total. The molecule has 1 aromatic carbocycles. The average molecular weight is 319 g/mol. The molecule has 2 aliphatic carbocycles. The van der Waals surface area contributed by atoms with Gasteiger partial charge in [0.2, 0.25) is 5.91 Å². The van der Waals surface area contributed by atoms with E-state index in [0.29, 0.717) is 12.5 Å². The molecule has 3 unspecified atom stereocenters. The van der Waals surface area contributed by atoms with Gasteiger partial charge < -0.3 is 5.32 Å². The molecule has 1 amide bonds. The molecular formula is C20H21N3O. The number of carbonyl (C=O) groups is 1. The Hall–Kier alpha value is -2.17. The molecule has 24 heavy (non-hydrogen) atoms. The predicted molar refractivity (Wildman–Crippen MR) is 93.2 cm³/mol. The number of nitrogens with zero attached hydrogens (tertiary/aromatic N) is 1. The van der Waals surface area contributed by atoms with Crippen LogP contribution in [-0.4, -0.2) is 37.1 Å². The Kier molecular flexibility index (Phi) is 3.05. The van der Waals surface area contributed by atoms with Crippen LogP contribution >= 0.6 is 0 Å². The summed E-state index contributed by atoms with van der Waals surface area (Å²) in [5.41, 5.74) is 10.4. The van der Waals surface area contributed by atoms with Gasteiger partial charge in [-0.1, -0.05) is 42.5 Å². The second-order valence-electron chi connectivity index (χ2n) is 7.16. The number of hydrogen-bond acceptors (Lipinski definition) is 3. The smallest absolute Gasteiger partial charge is 0.231 e. The summed E-state index contributed by atoms with van der Waals surface area (Å²) in [5, 5.41) is 5.31. The summed E-state index contributed by atoms with van der Waals surface area (Å²) in [6.45, 7) is 1.59. The Bertz CT molecular complexity index is 820. The maximum Gasteiger partial charge on any atom is 0.231 e. The molecule has 1 aromatic rings. The van der Waals surface area contributed by atoms with Gasteiger partial charge in [0.15, 0.2) is 0 Å². The quantitative estimate of drug-likeness (QED) is 0.765. The number of benzene rings is 1. The monoisotopic (exact) mass is 319 g/mol. The van der Waals surface area contributed by atoms with Crippen LogP contribution in [0, 0.1) is 5.92 Å². The summed E-state index contributed by atoms with van der Waals surface area (Å²) >= 11 is 0. The van der Waals surface area contributed by atoms with Crippen LogP contribution in [-0.2, 0) is 11.2 Å². The summed E-state index contributed by atoms with van der Waals surface area (Å²) in [5.74, 6) is 0.329. The van der Waals surface area contributed by atoms with E-state index in [9.17, 15) is 4.79 Å². The lowest BCUT2D eigenvalue weighted by atomic mass is 9.77. The molecule has 1 fully saturated rings. The summed E-state index contributed by atoms with van der Waals surface area (Å²) < 4.78 is 0. The van der Waals surface area contributed by atoms with Crippen LogP contribution < -0.4 is 10.7 Å². The second-order valence-corrected chi connectivity index (χ2v) is 7.16. The maximum absolute atomic E-state index is 12.7. The number of likely N-dealkylation sites (N-methyl/N-ethyl adjacent to an activating group) is 1. The van der Waals surface area contributed by atoms with E-state index in [1.54, 1.807) is 0 Å². The Morgan fingerprint density at radius 2 is 2.12 bits per heavy atom. The SMILES string of the molecule is CN1CC2C3=C4C(=CC=CC4C(=O)NCC3N1)Cc1ccccc12. The average Bonchev–Trinajstić information content (AvgIpc) is 2.82. The summed E-state index contributed by atoms with van der Waals surface area (Å²) in [6, 6.07) is 8.94. The number of nitrogens with one attached hydrogen (secondary N) is 2. The van der Waals surface area contributed by atoms with Crippen molar-refractivity contribution >= 4 is 5.91 Å². The van der Waals surface area contributed by atoms with Crippen molar-refractivity contribution in [3.63, 3.8) is 0 Å². The minimum absolute atomic E-state index is 0.128. The first kappa shape index (κ1) is 14.2. The van der Waals surface area contributed by atoms with Gasteiger partial charge in [0, 0.05) is 26.1 Å². The molecule has 122 valence electrons. The van der Waals surface area contributed by atoms with E-state index in [1.807, 2.05) is 0 Å². The van der Waals surface area contributed by atoms with Crippen LogP contribution in [0.2, 0.25) is 0 Å². The van der Waals surface area contributed by atoms with Crippen LogP contribution in [0.25, 0.3) is 0 Å². The Balaban J connectivity index is 1.80. The molecule has 0 radical (unpaired) electrons. The number of allylic oxidation sites excluding steroid dienone is 3. The van der Waals surface area contributed by atoms with Crippen LogP contribution in [0.5, 0.6) is 0 Å². The van der Waals surface area contributed by atoms with Gasteiger partial charge in [-0.3, -0.25) is 4.79 Å². The summed E-state index contributed by atoms with van der Waals surface area (Å²) in [7, 11) is 2.09. The van der Waals surface area contributed by atoms with Crippen LogP contribution in [0.3, 0.4) is 0 Å². The van der Waals surface area contributed by atoms with E-state index in [1.165, 1.54) is 27.8 Å². The molecule has 4 heteroatoms. The largest absolute Gasteiger partial charge is 0.353 e. The van der Waals surface area contributed by atoms with Gasteiger partial charge in [-0.2, -0.15) is 0 Å².